The Morgan fingerprint density at radius 2 is 1.78 bits per heavy atom. The molecule has 1 N–H and O–H groups in total. The van der Waals surface area contributed by atoms with E-state index < -0.39 is 0 Å². The van der Waals surface area contributed by atoms with Gasteiger partial charge in [0.05, 0.1) is 0 Å². The lowest BCUT2D eigenvalue weighted by molar-refractivity contribution is 0.132. The highest BCUT2D eigenvalue weighted by atomic mass is 15.2. The highest BCUT2D eigenvalue weighted by Crippen LogP contribution is 2.31. The van der Waals surface area contributed by atoms with Crippen molar-refractivity contribution in [2.45, 2.75) is 70.9 Å². The average Bonchev–Trinajstić information content (AvgIpc) is 2.40. The van der Waals surface area contributed by atoms with E-state index in [2.05, 4.69) is 31.1 Å². The third-order valence-corrected chi connectivity index (χ3v) is 5.23. The van der Waals surface area contributed by atoms with Gasteiger partial charge in [-0.05, 0) is 64.0 Å². The molecule has 0 spiro atoms. The molecular formula is C16H32N2. The summed E-state index contributed by atoms with van der Waals surface area (Å²) in [5.41, 5.74) is 0. The van der Waals surface area contributed by atoms with Crippen LogP contribution < -0.4 is 5.32 Å². The van der Waals surface area contributed by atoms with Gasteiger partial charge in [-0.3, -0.25) is 0 Å². The summed E-state index contributed by atoms with van der Waals surface area (Å²) in [4.78, 5) is 2.64. The van der Waals surface area contributed by atoms with E-state index >= 15 is 0 Å². The predicted molar refractivity (Wildman–Crippen MR) is 78.9 cm³/mol. The van der Waals surface area contributed by atoms with Crippen LogP contribution in [0.5, 0.6) is 0 Å². The molecule has 2 fully saturated rings. The molecule has 1 saturated heterocycles. The number of hydrogen-bond acceptors (Lipinski definition) is 2. The van der Waals surface area contributed by atoms with E-state index in [1.165, 1.54) is 58.0 Å². The summed E-state index contributed by atoms with van der Waals surface area (Å²) >= 11 is 0. The Morgan fingerprint density at radius 3 is 2.33 bits per heavy atom. The molecule has 0 aromatic carbocycles. The molecular weight excluding hydrogens is 220 g/mol. The van der Waals surface area contributed by atoms with Crippen molar-refractivity contribution in [1.82, 2.24) is 10.2 Å². The Kier molecular flexibility index (Phi) is 5.50. The quantitative estimate of drug-likeness (QED) is 0.826. The topological polar surface area (TPSA) is 15.3 Å². The first kappa shape index (κ1) is 14.3. The van der Waals surface area contributed by atoms with Crippen LogP contribution in [-0.4, -0.2) is 37.1 Å². The van der Waals surface area contributed by atoms with Gasteiger partial charge < -0.3 is 10.2 Å². The van der Waals surface area contributed by atoms with Crippen molar-refractivity contribution >= 4 is 0 Å². The molecule has 1 unspecified atom stereocenters. The first-order valence-electron chi connectivity index (χ1n) is 8.10. The highest BCUT2D eigenvalue weighted by Gasteiger charge is 2.26. The molecule has 1 aliphatic heterocycles. The monoisotopic (exact) mass is 252 g/mol. The molecule has 18 heavy (non-hydrogen) atoms. The number of hydrogen-bond donors (Lipinski definition) is 1. The summed E-state index contributed by atoms with van der Waals surface area (Å²) in [6.07, 6.45) is 9.92. The van der Waals surface area contributed by atoms with Gasteiger partial charge in [-0.1, -0.05) is 20.3 Å². The molecule has 0 amide bonds. The Morgan fingerprint density at radius 1 is 1.06 bits per heavy atom. The number of nitrogens with one attached hydrogen (secondary N) is 1. The van der Waals surface area contributed by atoms with Gasteiger partial charge in [-0.15, -0.1) is 0 Å². The van der Waals surface area contributed by atoms with Crippen LogP contribution in [0.25, 0.3) is 0 Å². The van der Waals surface area contributed by atoms with Crippen LogP contribution in [0.3, 0.4) is 0 Å². The third kappa shape index (κ3) is 3.96. The van der Waals surface area contributed by atoms with Crippen LogP contribution in [0.1, 0.15) is 58.8 Å². The summed E-state index contributed by atoms with van der Waals surface area (Å²) in [5, 5.41) is 3.67. The van der Waals surface area contributed by atoms with E-state index in [1.54, 1.807) is 0 Å². The van der Waals surface area contributed by atoms with Crippen molar-refractivity contribution in [2.75, 3.05) is 20.1 Å². The second kappa shape index (κ2) is 6.91. The highest BCUT2D eigenvalue weighted by molar-refractivity contribution is 4.83. The first-order chi connectivity index (χ1) is 8.66. The van der Waals surface area contributed by atoms with Gasteiger partial charge in [0.1, 0.15) is 0 Å². The van der Waals surface area contributed by atoms with E-state index in [9.17, 15) is 0 Å². The van der Waals surface area contributed by atoms with Crippen molar-refractivity contribution in [2.24, 2.45) is 11.8 Å². The average molecular weight is 252 g/mol. The van der Waals surface area contributed by atoms with E-state index in [4.69, 9.17) is 0 Å². The standard InChI is InChI=1S/C16H32N2/c1-13(2)14-7-9-16(10-8-14)18(3)12-15-6-4-5-11-17-15/h13-17H,4-12H2,1-3H3. The van der Waals surface area contributed by atoms with E-state index in [1.807, 2.05) is 0 Å². The fraction of sp³-hybridized carbons (Fsp3) is 1.00. The van der Waals surface area contributed by atoms with Crippen LogP contribution in [0.15, 0.2) is 0 Å². The number of likely N-dealkylation sites (N-methyl/N-ethyl adjacent to an activating group) is 1. The van der Waals surface area contributed by atoms with E-state index in [-0.39, 0.29) is 0 Å². The molecule has 1 saturated carbocycles. The van der Waals surface area contributed by atoms with E-state index in [0.29, 0.717) is 0 Å². The molecule has 2 rings (SSSR count). The van der Waals surface area contributed by atoms with Gasteiger partial charge in [0.15, 0.2) is 0 Å². The summed E-state index contributed by atoms with van der Waals surface area (Å²) < 4.78 is 0. The maximum absolute atomic E-state index is 3.67. The summed E-state index contributed by atoms with van der Waals surface area (Å²) in [7, 11) is 2.34. The first-order valence-corrected chi connectivity index (χ1v) is 8.10. The Bertz CT molecular complexity index is 225. The van der Waals surface area contributed by atoms with Crippen molar-refractivity contribution in [3.8, 4) is 0 Å². The van der Waals surface area contributed by atoms with Gasteiger partial charge >= 0.3 is 0 Å². The Balaban J connectivity index is 1.71. The summed E-state index contributed by atoms with van der Waals surface area (Å²) in [5.74, 6) is 1.87. The molecule has 0 radical (unpaired) electrons. The molecule has 0 bridgehead atoms. The van der Waals surface area contributed by atoms with Crippen LogP contribution in [0, 0.1) is 11.8 Å². The molecule has 2 nitrogen and oxygen atoms in total. The van der Waals surface area contributed by atoms with Crippen molar-refractivity contribution in [3.63, 3.8) is 0 Å². The minimum absolute atomic E-state index is 0.756. The molecule has 2 heteroatoms. The van der Waals surface area contributed by atoms with Crippen LogP contribution in [-0.2, 0) is 0 Å². The largest absolute Gasteiger partial charge is 0.313 e. The van der Waals surface area contributed by atoms with Gasteiger partial charge in [-0.2, -0.15) is 0 Å². The molecule has 0 aromatic rings. The van der Waals surface area contributed by atoms with Gasteiger partial charge in [0.25, 0.3) is 0 Å². The lowest BCUT2D eigenvalue weighted by Gasteiger charge is -2.38. The van der Waals surface area contributed by atoms with Gasteiger partial charge in [0.2, 0.25) is 0 Å². The molecule has 1 atom stereocenters. The number of rotatable bonds is 4. The molecule has 0 aromatic heterocycles. The zero-order valence-electron chi connectivity index (χ0n) is 12.6. The van der Waals surface area contributed by atoms with Crippen molar-refractivity contribution < 1.29 is 0 Å². The van der Waals surface area contributed by atoms with Crippen LogP contribution >= 0.6 is 0 Å². The fourth-order valence-corrected chi connectivity index (χ4v) is 3.79. The predicted octanol–water partition coefficient (Wildman–Crippen LogP) is 3.28. The summed E-state index contributed by atoms with van der Waals surface area (Å²) in [6.45, 7) is 7.27. The molecule has 1 heterocycles. The van der Waals surface area contributed by atoms with E-state index in [0.717, 1.165) is 23.9 Å². The van der Waals surface area contributed by atoms with Crippen LogP contribution in [0.2, 0.25) is 0 Å². The normalized spacial score (nSPS) is 34.2. The lowest BCUT2D eigenvalue weighted by Crippen LogP contribution is -2.46. The number of nitrogens with zero attached hydrogens (tertiary/aromatic N) is 1. The molecule has 1 aliphatic carbocycles. The van der Waals surface area contributed by atoms with Gasteiger partial charge in [-0.25, -0.2) is 0 Å². The van der Waals surface area contributed by atoms with Crippen molar-refractivity contribution in [3.05, 3.63) is 0 Å². The Labute approximate surface area is 114 Å². The minimum Gasteiger partial charge on any atom is -0.313 e. The third-order valence-electron chi connectivity index (χ3n) is 5.23. The Hall–Kier alpha value is -0.0800. The maximum Gasteiger partial charge on any atom is 0.0195 e. The maximum atomic E-state index is 3.67. The lowest BCUT2D eigenvalue weighted by atomic mass is 9.79. The number of piperidine rings is 1. The fourth-order valence-electron chi connectivity index (χ4n) is 3.79. The zero-order chi connectivity index (χ0) is 13.0. The minimum atomic E-state index is 0.756. The second-order valence-corrected chi connectivity index (χ2v) is 6.90. The van der Waals surface area contributed by atoms with Crippen molar-refractivity contribution in [1.29, 1.82) is 0 Å². The van der Waals surface area contributed by atoms with Gasteiger partial charge in [0, 0.05) is 18.6 Å². The zero-order valence-corrected chi connectivity index (χ0v) is 12.6. The molecule has 2 aliphatic rings. The smallest absolute Gasteiger partial charge is 0.0195 e. The molecule has 106 valence electrons. The van der Waals surface area contributed by atoms with Crippen LogP contribution in [0.4, 0.5) is 0 Å². The SMILES string of the molecule is CC(C)C1CCC(N(C)CC2CCCCN2)CC1. The second-order valence-electron chi connectivity index (χ2n) is 6.90. The summed E-state index contributed by atoms with van der Waals surface area (Å²) in [6, 6.07) is 1.61.